The first-order valence-electron chi connectivity index (χ1n) is 8.05. The summed E-state index contributed by atoms with van der Waals surface area (Å²) < 4.78 is 10.8. The van der Waals surface area contributed by atoms with Gasteiger partial charge in [-0.25, -0.2) is 4.79 Å². The molecule has 1 aromatic heterocycles. The molecule has 0 saturated carbocycles. The molecular formula is C17H26N2O5. The summed E-state index contributed by atoms with van der Waals surface area (Å²) in [5.74, 6) is 1.20. The number of likely N-dealkylation sites (N-methyl/N-ethyl adjacent to an activating group) is 1. The minimum Gasteiger partial charge on any atom is -0.464 e. The summed E-state index contributed by atoms with van der Waals surface area (Å²) in [6.45, 7) is 7.53. The van der Waals surface area contributed by atoms with Gasteiger partial charge in [0.05, 0.1) is 19.2 Å². The van der Waals surface area contributed by atoms with E-state index in [2.05, 4.69) is 0 Å². The highest BCUT2D eigenvalue weighted by Gasteiger charge is 2.42. The van der Waals surface area contributed by atoms with Crippen LogP contribution in [0.15, 0.2) is 16.5 Å². The lowest BCUT2D eigenvalue weighted by atomic mass is 10.1. The second-order valence-corrected chi connectivity index (χ2v) is 7.24. The highest BCUT2D eigenvalue weighted by Crippen LogP contribution is 2.23. The van der Waals surface area contributed by atoms with E-state index in [1.54, 1.807) is 27.8 Å². The van der Waals surface area contributed by atoms with Crippen molar-refractivity contribution >= 4 is 12.0 Å². The summed E-state index contributed by atoms with van der Waals surface area (Å²) in [6.07, 6.45) is -1.11. The Kier molecular flexibility index (Phi) is 5.22. The Labute approximate surface area is 142 Å². The van der Waals surface area contributed by atoms with Crippen LogP contribution in [0.4, 0.5) is 4.79 Å². The van der Waals surface area contributed by atoms with Gasteiger partial charge in [-0.3, -0.25) is 9.69 Å². The van der Waals surface area contributed by atoms with Gasteiger partial charge in [0.25, 0.3) is 0 Å². The molecule has 2 amide bonds. The number of aryl methyl sites for hydroxylation is 1. The summed E-state index contributed by atoms with van der Waals surface area (Å²) in [7, 11) is 1.65. The van der Waals surface area contributed by atoms with Crippen LogP contribution in [-0.2, 0) is 16.1 Å². The molecule has 2 rings (SSSR count). The van der Waals surface area contributed by atoms with E-state index in [0.29, 0.717) is 12.3 Å². The zero-order chi connectivity index (χ0) is 18.1. The molecule has 0 aromatic carbocycles. The van der Waals surface area contributed by atoms with Crippen LogP contribution in [0.3, 0.4) is 0 Å². The van der Waals surface area contributed by atoms with Gasteiger partial charge in [0.1, 0.15) is 23.2 Å². The quantitative estimate of drug-likeness (QED) is 0.910. The predicted octanol–water partition coefficient (Wildman–Crippen LogP) is 1.92. The predicted molar refractivity (Wildman–Crippen MR) is 87.3 cm³/mol. The van der Waals surface area contributed by atoms with Gasteiger partial charge < -0.3 is 19.2 Å². The van der Waals surface area contributed by atoms with Gasteiger partial charge in [-0.05, 0) is 39.8 Å². The maximum Gasteiger partial charge on any atom is 0.411 e. The molecule has 0 aliphatic carbocycles. The van der Waals surface area contributed by atoms with Crippen LogP contribution in [0.25, 0.3) is 0 Å². The number of amides is 2. The van der Waals surface area contributed by atoms with Gasteiger partial charge in [-0.2, -0.15) is 0 Å². The summed E-state index contributed by atoms with van der Waals surface area (Å²) in [5.41, 5.74) is -0.657. The second kappa shape index (κ2) is 6.84. The van der Waals surface area contributed by atoms with E-state index in [-0.39, 0.29) is 18.9 Å². The zero-order valence-corrected chi connectivity index (χ0v) is 14.9. The van der Waals surface area contributed by atoms with Crippen molar-refractivity contribution in [3.05, 3.63) is 23.7 Å². The number of hydrogen-bond donors (Lipinski definition) is 1. The third-order valence-corrected chi connectivity index (χ3v) is 3.76. The number of nitrogens with zero attached hydrogens (tertiary/aromatic N) is 2. The van der Waals surface area contributed by atoms with E-state index in [0.717, 1.165) is 5.76 Å². The van der Waals surface area contributed by atoms with Crippen LogP contribution in [0, 0.1) is 6.92 Å². The molecule has 0 radical (unpaired) electrons. The van der Waals surface area contributed by atoms with E-state index in [9.17, 15) is 14.7 Å². The van der Waals surface area contributed by atoms with E-state index < -0.39 is 23.8 Å². The molecule has 1 aliphatic rings. The Bertz CT molecular complexity index is 604. The number of aliphatic hydroxyl groups is 1. The molecule has 2 unspecified atom stereocenters. The maximum atomic E-state index is 12.7. The van der Waals surface area contributed by atoms with Crippen molar-refractivity contribution in [3.8, 4) is 0 Å². The summed E-state index contributed by atoms with van der Waals surface area (Å²) >= 11 is 0. The first kappa shape index (κ1) is 18.3. The van der Waals surface area contributed by atoms with Crippen molar-refractivity contribution in [2.75, 3.05) is 13.6 Å². The molecule has 24 heavy (non-hydrogen) atoms. The summed E-state index contributed by atoms with van der Waals surface area (Å²) in [5, 5.41) is 9.90. The van der Waals surface area contributed by atoms with Crippen LogP contribution in [0.5, 0.6) is 0 Å². The molecule has 2 atom stereocenters. The molecule has 1 aliphatic heterocycles. The number of rotatable bonds is 3. The van der Waals surface area contributed by atoms with Gasteiger partial charge in [0, 0.05) is 13.5 Å². The van der Waals surface area contributed by atoms with Crippen LogP contribution in [-0.4, -0.2) is 58.2 Å². The molecular weight excluding hydrogens is 312 g/mol. The van der Waals surface area contributed by atoms with Gasteiger partial charge in [0.2, 0.25) is 5.91 Å². The van der Waals surface area contributed by atoms with Crippen LogP contribution >= 0.6 is 0 Å². The fourth-order valence-electron chi connectivity index (χ4n) is 2.71. The van der Waals surface area contributed by atoms with Crippen molar-refractivity contribution in [1.82, 2.24) is 9.80 Å². The van der Waals surface area contributed by atoms with E-state index in [4.69, 9.17) is 9.15 Å². The third-order valence-electron chi connectivity index (χ3n) is 3.76. The lowest BCUT2D eigenvalue weighted by Crippen LogP contribution is -2.47. The van der Waals surface area contributed by atoms with Crippen molar-refractivity contribution < 1.29 is 23.8 Å². The minimum atomic E-state index is -0.731. The number of aliphatic hydroxyl groups excluding tert-OH is 1. The van der Waals surface area contributed by atoms with Crippen molar-refractivity contribution in [1.29, 1.82) is 0 Å². The van der Waals surface area contributed by atoms with Gasteiger partial charge in [0.15, 0.2) is 0 Å². The standard InChI is InChI=1S/C17H26N2O5/c1-11-6-7-13(23-11)10-18(5)15(21)14-8-12(20)9-19(14)16(22)24-17(2,3)4/h6-7,12,14,20H,8-10H2,1-5H3. The Hall–Kier alpha value is -2.02. The molecule has 1 N–H and O–H groups in total. The van der Waals surface area contributed by atoms with Gasteiger partial charge in [-0.1, -0.05) is 0 Å². The average Bonchev–Trinajstić information content (AvgIpc) is 3.02. The van der Waals surface area contributed by atoms with Crippen LogP contribution in [0.1, 0.15) is 38.7 Å². The molecule has 7 heteroatoms. The van der Waals surface area contributed by atoms with E-state index in [1.807, 2.05) is 19.1 Å². The lowest BCUT2D eigenvalue weighted by Gasteiger charge is -2.29. The van der Waals surface area contributed by atoms with Crippen molar-refractivity contribution in [3.63, 3.8) is 0 Å². The highest BCUT2D eigenvalue weighted by molar-refractivity contribution is 5.86. The van der Waals surface area contributed by atoms with Crippen LogP contribution < -0.4 is 0 Å². The van der Waals surface area contributed by atoms with Crippen molar-refractivity contribution in [2.45, 2.75) is 58.4 Å². The highest BCUT2D eigenvalue weighted by atomic mass is 16.6. The Morgan fingerprint density at radius 1 is 1.42 bits per heavy atom. The number of furan rings is 1. The number of ether oxygens (including phenoxy) is 1. The van der Waals surface area contributed by atoms with Gasteiger partial charge in [-0.15, -0.1) is 0 Å². The number of carbonyl (C=O) groups is 2. The topological polar surface area (TPSA) is 83.2 Å². The Morgan fingerprint density at radius 2 is 2.08 bits per heavy atom. The fraction of sp³-hybridized carbons (Fsp3) is 0.647. The smallest absolute Gasteiger partial charge is 0.411 e. The summed E-state index contributed by atoms with van der Waals surface area (Å²) in [6, 6.07) is 2.92. The first-order chi connectivity index (χ1) is 11.1. The molecule has 0 spiro atoms. The normalized spacial score (nSPS) is 21.0. The number of hydrogen-bond acceptors (Lipinski definition) is 5. The lowest BCUT2D eigenvalue weighted by molar-refractivity contribution is -0.135. The minimum absolute atomic E-state index is 0.0963. The molecule has 0 bridgehead atoms. The molecule has 2 heterocycles. The largest absolute Gasteiger partial charge is 0.464 e. The van der Waals surface area contributed by atoms with Crippen molar-refractivity contribution in [2.24, 2.45) is 0 Å². The van der Waals surface area contributed by atoms with E-state index in [1.165, 1.54) is 9.80 Å². The van der Waals surface area contributed by atoms with Gasteiger partial charge >= 0.3 is 6.09 Å². The monoisotopic (exact) mass is 338 g/mol. The molecule has 134 valence electrons. The number of β-amino-alcohol motifs (C(OH)–C–C–N with tert-alkyl or cyclic N) is 1. The zero-order valence-electron chi connectivity index (χ0n) is 14.9. The summed E-state index contributed by atoms with van der Waals surface area (Å²) in [4.78, 5) is 27.8. The second-order valence-electron chi connectivity index (χ2n) is 7.24. The fourth-order valence-corrected chi connectivity index (χ4v) is 2.71. The van der Waals surface area contributed by atoms with E-state index >= 15 is 0 Å². The molecule has 1 fully saturated rings. The number of likely N-dealkylation sites (tertiary alicyclic amines) is 1. The first-order valence-corrected chi connectivity index (χ1v) is 8.05. The Morgan fingerprint density at radius 3 is 2.62 bits per heavy atom. The molecule has 1 saturated heterocycles. The van der Waals surface area contributed by atoms with Crippen LogP contribution in [0.2, 0.25) is 0 Å². The third kappa shape index (κ3) is 4.50. The molecule has 7 nitrogen and oxygen atoms in total. The molecule has 1 aromatic rings. The average molecular weight is 338 g/mol. The maximum absolute atomic E-state index is 12.7. The SMILES string of the molecule is Cc1ccc(CN(C)C(=O)C2CC(O)CN2C(=O)OC(C)(C)C)o1. The Balaban J connectivity index is 2.06. The number of carbonyl (C=O) groups excluding carboxylic acids is 2.